The standard InChI is InChI=1S/C14H28N4/c1-11-10-18(2)9-8-13(11)17-14(15)16-12-6-4-3-5-7-12/h11-13H,3-10H2,1-2H3,(H3,15,16,17). The molecule has 4 nitrogen and oxygen atoms in total. The molecule has 1 saturated carbocycles. The SMILES string of the molecule is CC1CN(C)CCC1N=C(N)NC1CCCCC1. The first kappa shape index (κ1) is 13.7. The molecular weight excluding hydrogens is 224 g/mol. The number of hydrogen-bond acceptors (Lipinski definition) is 2. The van der Waals surface area contributed by atoms with Crippen LogP contribution in [0.1, 0.15) is 45.4 Å². The quantitative estimate of drug-likeness (QED) is 0.579. The van der Waals surface area contributed by atoms with Gasteiger partial charge in [-0.05, 0) is 38.8 Å². The molecule has 0 amide bonds. The van der Waals surface area contributed by atoms with Crippen molar-refractivity contribution in [2.75, 3.05) is 20.1 Å². The summed E-state index contributed by atoms with van der Waals surface area (Å²) in [5, 5.41) is 3.41. The molecule has 104 valence electrons. The van der Waals surface area contributed by atoms with Crippen LogP contribution in [-0.2, 0) is 0 Å². The molecule has 2 aliphatic rings. The van der Waals surface area contributed by atoms with Crippen LogP contribution >= 0.6 is 0 Å². The average molecular weight is 252 g/mol. The molecule has 2 fully saturated rings. The van der Waals surface area contributed by atoms with Gasteiger partial charge in [0.1, 0.15) is 0 Å². The van der Waals surface area contributed by atoms with Crippen molar-refractivity contribution in [3.05, 3.63) is 0 Å². The molecular formula is C14H28N4. The smallest absolute Gasteiger partial charge is 0.189 e. The lowest BCUT2D eigenvalue weighted by Crippen LogP contribution is -2.44. The molecule has 18 heavy (non-hydrogen) atoms. The highest BCUT2D eigenvalue weighted by molar-refractivity contribution is 5.78. The molecule has 3 N–H and O–H groups in total. The maximum Gasteiger partial charge on any atom is 0.189 e. The molecule has 0 radical (unpaired) electrons. The Bertz CT molecular complexity index is 284. The lowest BCUT2D eigenvalue weighted by atomic mass is 9.94. The van der Waals surface area contributed by atoms with Gasteiger partial charge in [-0.1, -0.05) is 26.2 Å². The third-order valence-corrected chi connectivity index (χ3v) is 4.33. The lowest BCUT2D eigenvalue weighted by molar-refractivity contribution is 0.198. The van der Waals surface area contributed by atoms with Gasteiger partial charge in [0.05, 0.1) is 6.04 Å². The molecule has 4 heteroatoms. The van der Waals surface area contributed by atoms with Crippen LogP contribution < -0.4 is 11.1 Å². The monoisotopic (exact) mass is 252 g/mol. The number of aliphatic imine (C=N–C) groups is 1. The summed E-state index contributed by atoms with van der Waals surface area (Å²) in [6.07, 6.45) is 7.66. The number of hydrogen-bond donors (Lipinski definition) is 2. The second-order valence-electron chi connectivity index (χ2n) is 6.09. The van der Waals surface area contributed by atoms with Crippen molar-refractivity contribution in [3.63, 3.8) is 0 Å². The molecule has 1 aliphatic carbocycles. The van der Waals surface area contributed by atoms with E-state index in [0.29, 0.717) is 24.0 Å². The molecule has 1 aliphatic heterocycles. The van der Waals surface area contributed by atoms with E-state index < -0.39 is 0 Å². The maximum absolute atomic E-state index is 6.06. The summed E-state index contributed by atoms with van der Waals surface area (Å²) in [4.78, 5) is 7.08. The Hall–Kier alpha value is -0.770. The summed E-state index contributed by atoms with van der Waals surface area (Å²) < 4.78 is 0. The van der Waals surface area contributed by atoms with Gasteiger partial charge in [-0.15, -0.1) is 0 Å². The first-order chi connectivity index (χ1) is 8.65. The van der Waals surface area contributed by atoms with E-state index in [9.17, 15) is 0 Å². The summed E-state index contributed by atoms with van der Waals surface area (Å²) in [6.45, 7) is 4.54. The Kier molecular flexibility index (Phi) is 4.87. The van der Waals surface area contributed by atoms with Crippen molar-refractivity contribution in [1.29, 1.82) is 0 Å². The van der Waals surface area contributed by atoms with Gasteiger partial charge in [-0.25, -0.2) is 4.99 Å². The second kappa shape index (κ2) is 6.41. The van der Waals surface area contributed by atoms with E-state index in [0.717, 1.165) is 19.5 Å². The van der Waals surface area contributed by atoms with Gasteiger partial charge in [0.2, 0.25) is 0 Å². The fourth-order valence-corrected chi connectivity index (χ4v) is 3.21. The minimum Gasteiger partial charge on any atom is -0.370 e. The Balaban J connectivity index is 1.83. The van der Waals surface area contributed by atoms with Crippen LogP contribution in [0.4, 0.5) is 0 Å². The van der Waals surface area contributed by atoms with Crippen molar-refractivity contribution in [2.24, 2.45) is 16.6 Å². The molecule has 0 aromatic carbocycles. The Labute approximate surface area is 111 Å². The van der Waals surface area contributed by atoms with E-state index in [1.165, 1.54) is 32.1 Å². The third-order valence-electron chi connectivity index (χ3n) is 4.33. The van der Waals surface area contributed by atoms with Gasteiger partial charge in [0, 0.05) is 12.6 Å². The maximum atomic E-state index is 6.06. The van der Waals surface area contributed by atoms with Gasteiger partial charge >= 0.3 is 0 Å². The van der Waals surface area contributed by atoms with E-state index >= 15 is 0 Å². The van der Waals surface area contributed by atoms with Gasteiger partial charge in [0.15, 0.2) is 5.96 Å². The van der Waals surface area contributed by atoms with E-state index in [2.05, 4.69) is 24.2 Å². The van der Waals surface area contributed by atoms with E-state index in [1.54, 1.807) is 0 Å². The average Bonchev–Trinajstić information content (AvgIpc) is 2.34. The topological polar surface area (TPSA) is 53.6 Å². The van der Waals surface area contributed by atoms with Crippen LogP contribution in [0, 0.1) is 5.92 Å². The van der Waals surface area contributed by atoms with E-state index in [1.807, 2.05) is 0 Å². The predicted molar refractivity (Wildman–Crippen MR) is 76.7 cm³/mol. The summed E-state index contributed by atoms with van der Waals surface area (Å²) in [6, 6.07) is 0.960. The highest BCUT2D eigenvalue weighted by Gasteiger charge is 2.24. The molecule has 2 unspecified atom stereocenters. The summed E-state index contributed by atoms with van der Waals surface area (Å²) >= 11 is 0. The van der Waals surface area contributed by atoms with Crippen LogP contribution in [0.5, 0.6) is 0 Å². The second-order valence-corrected chi connectivity index (χ2v) is 6.09. The van der Waals surface area contributed by atoms with Crippen molar-refractivity contribution in [2.45, 2.75) is 57.5 Å². The molecule has 0 spiro atoms. The highest BCUT2D eigenvalue weighted by Crippen LogP contribution is 2.19. The molecule has 2 rings (SSSR count). The van der Waals surface area contributed by atoms with Crippen molar-refractivity contribution < 1.29 is 0 Å². The van der Waals surface area contributed by atoms with Gasteiger partial charge in [-0.3, -0.25) is 0 Å². The summed E-state index contributed by atoms with van der Waals surface area (Å²) in [7, 11) is 2.18. The lowest BCUT2D eigenvalue weighted by Gasteiger charge is -2.33. The van der Waals surface area contributed by atoms with Gasteiger partial charge in [-0.2, -0.15) is 0 Å². The fourth-order valence-electron chi connectivity index (χ4n) is 3.21. The molecule has 0 bridgehead atoms. The molecule has 1 saturated heterocycles. The largest absolute Gasteiger partial charge is 0.370 e. The Morgan fingerprint density at radius 1 is 1.22 bits per heavy atom. The number of nitrogens with one attached hydrogen (secondary N) is 1. The fraction of sp³-hybridized carbons (Fsp3) is 0.929. The van der Waals surface area contributed by atoms with Crippen LogP contribution in [0.3, 0.4) is 0 Å². The highest BCUT2D eigenvalue weighted by atomic mass is 15.2. The van der Waals surface area contributed by atoms with Gasteiger partial charge in [0.25, 0.3) is 0 Å². The summed E-state index contributed by atoms with van der Waals surface area (Å²) in [5.74, 6) is 1.28. The van der Waals surface area contributed by atoms with Crippen LogP contribution in [-0.4, -0.2) is 43.1 Å². The predicted octanol–water partition coefficient (Wildman–Crippen LogP) is 1.56. The van der Waals surface area contributed by atoms with E-state index in [-0.39, 0.29) is 0 Å². The number of rotatable bonds is 2. The third kappa shape index (κ3) is 3.87. The normalized spacial score (nSPS) is 32.4. The number of likely N-dealkylation sites (tertiary alicyclic amines) is 1. The zero-order chi connectivity index (χ0) is 13.0. The van der Waals surface area contributed by atoms with Gasteiger partial charge < -0.3 is 16.0 Å². The Morgan fingerprint density at radius 3 is 2.61 bits per heavy atom. The molecule has 2 atom stereocenters. The van der Waals surface area contributed by atoms with Crippen molar-refractivity contribution in [3.8, 4) is 0 Å². The van der Waals surface area contributed by atoms with Crippen LogP contribution in [0.15, 0.2) is 4.99 Å². The van der Waals surface area contributed by atoms with Crippen molar-refractivity contribution in [1.82, 2.24) is 10.2 Å². The number of piperidine rings is 1. The number of guanidine groups is 1. The zero-order valence-electron chi connectivity index (χ0n) is 11.9. The molecule has 0 aromatic rings. The zero-order valence-corrected chi connectivity index (χ0v) is 11.9. The van der Waals surface area contributed by atoms with Crippen LogP contribution in [0.2, 0.25) is 0 Å². The molecule has 1 heterocycles. The minimum atomic E-state index is 0.400. The first-order valence-corrected chi connectivity index (χ1v) is 7.43. The Morgan fingerprint density at radius 2 is 1.94 bits per heavy atom. The van der Waals surface area contributed by atoms with Crippen LogP contribution in [0.25, 0.3) is 0 Å². The minimum absolute atomic E-state index is 0.400. The van der Waals surface area contributed by atoms with Crippen molar-refractivity contribution >= 4 is 5.96 Å². The number of nitrogens with zero attached hydrogens (tertiary/aromatic N) is 2. The molecule has 0 aromatic heterocycles. The first-order valence-electron chi connectivity index (χ1n) is 7.43. The number of nitrogens with two attached hydrogens (primary N) is 1. The summed E-state index contributed by atoms with van der Waals surface area (Å²) in [5.41, 5.74) is 6.06. The van der Waals surface area contributed by atoms with E-state index in [4.69, 9.17) is 10.7 Å².